The summed E-state index contributed by atoms with van der Waals surface area (Å²) >= 11 is 0. The summed E-state index contributed by atoms with van der Waals surface area (Å²) in [5.74, 6) is -1.05. The predicted molar refractivity (Wildman–Crippen MR) is 108 cm³/mol. The Morgan fingerprint density at radius 1 is 1.11 bits per heavy atom. The number of likely N-dealkylation sites (N-methyl/N-ethyl adjacent to an activating group) is 1. The van der Waals surface area contributed by atoms with Gasteiger partial charge in [-0.15, -0.1) is 0 Å². The molecule has 1 amide bonds. The SMILES string of the molecule is Cc1ccn2c(CC(=O)N(C)CCC(=O)O)c(-c3ccc(C)c(C)c3)nc2c1. The molecule has 0 saturated heterocycles. The van der Waals surface area contributed by atoms with E-state index in [-0.39, 0.29) is 25.3 Å². The van der Waals surface area contributed by atoms with Crippen molar-refractivity contribution in [3.8, 4) is 11.3 Å². The number of pyridine rings is 1. The zero-order chi connectivity index (χ0) is 20.4. The number of imidazole rings is 1. The van der Waals surface area contributed by atoms with E-state index in [0.717, 1.165) is 28.2 Å². The third-order valence-electron chi connectivity index (χ3n) is 5.07. The molecule has 28 heavy (non-hydrogen) atoms. The number of aromatic nitrogens is 2. The normalized spacial score (nSPS) is 11.0. The lowest BCUT2D eigenvalue weighted by Crippen LogP contribution is -2.30. The lowest BCUT2D eigenvalue weighted by molar-refractivity contribution is -0.138. The minimum atomic E-state index is -0.916. The van der Waals surface area contributed by atoms with E-state index in [1.807, 2.05) is 35.7 Å². The first-order chi connectivity index (χ1) is 13.3. The fraction of sp³-hybridized carbons (Fsp3) is 0.318. The van der Waals surface area contributed by atoms with Gasteiger partial charge >= 0.3 is 5.97 Å². The minimum absolute atomic E-state index is 0.0708. The van der Waals surface area contributed by atoms with Crippen molar-refractivity contribution in [2.75, 3.05) is 13.6 Å². The van der Waals surface area contributed by atoms with Crippen LogP contribution in [0, 0.1) is 20.8 Å². The number of carboxylic acid groups (broad SMARTS) is 1. The average Bonchev–Trinajstić information content (AvgIpc) is 2.99. The zero-order valence-electron chi connectivity index (χ0n) is 16.7. The molecule has 0 fully saturated rings. The minimum Gasteiger partial charge on any atom is -0.481 e. The van der Waals surface area contributed by atoms with Crippen LogP contribution >= 0.6 is 0 Å². The summed E-state index contributed by atoms with van der Waals surface area (Å²) in [5.41, 5.74) is 6.83. The molecule has 3 aromatic rings. The van der Waals surface area contributed by atoms with Gasteiger partial charge in [-0.25, -0.2) is 4.98 Å². The number of carbonyl (C=O) groups is 2. The maximum absolute atomic E-state index is 12.7. The molecule has 3 rings (SSSR count). The second-order valence-corrected chi connectivity index (χ2v) is 7.27. The highest BCUT2D eigenvalue weighted by Gasteiger charge is 2.20. The molecular weight excluding hydrogens is 354 g/mol. The average molecular weight is 379 g/mol. The van der Waals surface area contributed by atoms with E-state index >= 15 is 0 Å². The van der Waals surface area contributed by atoms with Gasteiger partial charge in [-0.1, -0.05) is 12.1 Å². The van der Waals surface area contributed by atoms with Gasteiger partial charge in [0.25, 0.3) is 0 Å². The van der Waals surface area contributed by atoms with E-state index in [4.69, 9.17) is 10.1 Å². The molecule has 1 aromatic carbocycles. The van der Waals surface area contributed by atoms with E-state index in [1.165, 1.54) is 16.0 Å². The third kappa shape index (κ3) is 4.06. The van der Waals surface area contributed by atoms with Gasteiger partial charge in [0.1, 0.15) is 5.65 Å². The Balaban J connectivity index is 2.02. The monoisotopic (exact) mass is 379 g/mol. The van der Waals surface area contributed by atoms with E-state index in [2.05, 4.69) is 26.0 Å². The fourth-order valence-electron chi connectivity index (χ4n) is 3.15. The van der Waals surface area contributed by atoms with E-state index in [9.17, 15) is 9.59 Å². The Labute approximate surface area is 164 Å². The van der Waals surface area contributed by atoms with Crippen LogP contribution in [-0.2, 0) is 16.0 Å². The topological polar surface area (TPSA) is 74.9 Å². The molecule has 2 heterocycles. The van der Waals surface area contributed by atoms with Crippen molar-refractivity contribution in [3.63, 3.8) is 0 Å². The van der Waals surface area contributed by atoms with E-state index in [0.29, 0.717) is 0 Å². The van der Waals surface area contributed by atoms with Gasteiger partial charge in [0.2, 0.25) is 5.91 Å². The van der Waals surface area contributed by atoms with Gasteiger partial charge in [-0.2, -0.15) is 0 Å². The van der Waals surface area contributed by atoms with Crippen molar-refractivity contribution in [1.82, 2.24) is 14.3 Å². The molecule has 0 spiro atoms. The van der Waals surface area contributed by atoms with Crippen LogP contribution in [0.3, 0.4) is 0 Å². The molecule has 1 N–H and O–H groups in total. The first-order valence-corrected chi connectivity index (χ1v) is 9.27. The number of hydrogen-bond donors (Lipinski definition) is 1. The smallest absolute Gasteiger partial charge is 0.305 e. The van der Waals surface area contributed by atoms with Crippen molar-refractivity contribution in [1.29, 1.82) is 0 Å². The zero-order valence-corrected chi connectivity index (χ0v) is 16.7. The van der Waals surface area contributed by atoms with Crippen LogP contribution in [0.15, 0.2) is 36.5 Å². The van der Waals surface area contributed by atoms with Gasteiger partial charge in [0.15, 0.2) is 0 Å². The summed E-state index contributed by atoms with van der Waals surface area (Å²) in [4.78, 5) is 29.8. The molecule has 0 radical (unpaired) electrons. The molecule has 6 nitrogen and oxygen atoms in total. The van der Waals surface area contributed by atoms with E-state index < -0.39 is 5.97 Å². The van der Waals surface area contributed by atoms with Crippen LogP contribution in [0.5, 0.6) is 0 Å². The van der Waals surface area contributed by atoms with Gasteiger partial charge in [-0.3, -0.25) is 9.59 Å². The number of rotatable bonds is 6. The van der Waals surface area contributed by atoms with Crippen LogP contribution in [0.4, 0.5) is 0 Å². The standard InChI is InChI=1S/C22H25N3O3/c1-14-7-10-25-18(13-20(26)24(4)9-8-21(27)28)22(23-19(25)11-14)17-6-5-15(2)16(3)12-17/h5-7,10-12H,8-9,13H2,1-4H3,(H,27,28). The maximum Gasteiger partial charge on any atom is 0.305 e. The summed E-state index contributed by atoms with van der Waals surface area (Å²) in [6.45, 7) is 6.31. The lowest BCUT2D eigenvalue weighted by atomic mass is 10.0. The number of nitrogens with zero attached hydrogens (tertiary/aromatic N) is 3. The summed E-state index contributed by atoms with van der Waals surface area (Å²) in [7, 11) is 1.63. The summed E-state index contributed by atoms with van der Waals surface area (Å²) in [6.07, 6.45) is 2.02. The molecule has 6 heteroatoms. The van der Waals surface area contributed by atoms with Crippen LogP contribution in [-0.4, -0.2) is 44.9 Å². The number of hydrogen-bond acceptors (Lipinski definition) is 3. The highest BCUT2D eigenvalue weighted by Crippen LogP contribution is 2.27. The number of amides is 1. The molecule has 0 aliphatic rings. The first-order valence-electron chi connectivity index (χ1n) is 9.27. The number of fused-ring (bicyclic) bond motifs is 1. The summed E-state index contributed by atoms with van der Waals surface area (Å²) in [6, 6.07) is 10.2. The van der Waals surface area contributed by atoms with Crippen LogP contribution < -0.4 is 0 Å². The molecule has 0 bridgehead atoms. The Hall–Kier alpha value is -3.15. The molecule has 0 saturated carbocycles. The summed E-state index contributed by atoms with van der Waals surface area (Å²) < 4.78 is 1.94. The third-order valence-corrected chi connectivity index (χ3v) is 5.07. The molecular formula is C22H25N3O3. The lowest BCUT2D eigenvalue weighted by Gasteiger charge is -2.16. The number of carbonyl (C=O) groups excluding carboxylic acids is 1. The number of aryl methyl sites for hydroxylation is 3. The van der Waals surface area contributed by atoms with Crippen molar-refractivity contribution >= 4 is 17.5 Å². The Morgan fingerprint density at radius 2 is 1.86 bits per heavy atom. The van der Waals surface area contributed by atoms with E-state index in [1.54, 1.807) is 7.05 Å². The Kier molecular flexibility index (Phi) is 5.49. The van der Waals surface area contributed by atoms with Crippen LogP contribution in [0.2, 0.25) is 0 Å². The van der Waals surface area contributed by atoms with Crippen molar-refractivity contribution in [2.45, 2.75) is 33.6 Å². The van der Waals surface area contributed by atoms with Gasteiger partial charge < -0.3 is 14.4 Å². The molecule has 0 aliphatic heterocycles. The predicted octanol–water partition coefficient (Wildman–Crippen LogP) is 3.40. The highest BCUT2D eigenvalue weighted by molar-refractivity contribution is 5.82. The van der Waals surface area contributed by atoms with Crippen molar-refractivity contribution in [3.05, 3.63) is 58.9 Å². The number of carboxylic acids is 1. The van der Waals surface area contributed by atoms with Gasteiger partial charge in [0.05, 0.1) is 24.2 Å². The molecule has 0 atom stereocenters. The highest BCUT2D eigenvalue weighted by atomic mass is 16.4. The quantitative estimate of drug-likeness (QED) is 0.712. The van der Waals surface area contributed by atoms with Crippen LogP contribution in [0.25, 0.3) is 16.9 Å². The first kappa shape index (κ1) is 19.6. The Morgan fingerprint density at radius 3 is 2.54 bits per heavy atom. The van der Waals surface area contributed by atoms with Crippen molar-refractivity contribution in [2.24, 2.45) is 0 Å². The molecule has 146 valence electrons. The second-order valence-electron chi connectivity index (χ2n) is 7.27. The molecule has 0 aliphatic carbocycles. The Bertz CT molecular complexity index is 1050. The van der Waals surface area contributed by atoms with Crippen LogP contribution in [0.1, 0.15) is 28.8 Å². The number of benzene rings is 1. The fourth-order valence-corrected chi connectivity index (χ4v) is 3.15. The largest absolute Gasteiger partial charge is 0.481 e. The van der Waals surface area contributed by atoms with Gasteiger partial charge in [-0.05, 0) is 55.7 Å². The molecule has 2 aromatic heterocycles. The maximum atomic E-state index is 12.7. The van der Waals surface area contributed by atoms with Crippen molar-refractivity contribution < 1.29 is 14.7 Å². The van der Waals surface area contributed by atoms with Gasteiger partial charge in [0, 0.05) is 25.4 Å². The second kappa shape index (κ2) is 7.84. The molecule has 0 unspecified atom stereocenters. The summed E-state index contributed by atoms with van der Waals surface area (Å²) in [5, 5.41) is 8.86. The number of aliphatic carboxylic acids is 1.